The van der Waals surface area contributed by atoms with Crippen molar-refractivity contribution < 1.29 is 23.1 Å². The van der Waals surface area contributed by atoms with Crippen molar-refractivity contribution >= 4 is 11.8 Å². The zero-order valence-electron chi connectivity index (χ0n) is 21.8. The summed E-state index contributed by atoms with van der Waals surface area (Å²) in [6.45, 7) is 4.70. The molecule has 5 rings (SSSR count). The third kappa shape index (κ3) is 5.98. The van der Waals surface area contributed by atoms with Gasteiger partial charge < -0.3 is 19.4 Å². The Balaban J connectivity index is 1.31. The van der Waals surface area contributed by atoms with E-state index in [0.29, 0.717) is 25.3 Å². The lowest BCUT2D eigenvalue weighted by atomic mass is 9.87. The Labute approximate surface area is 225 Å². The Morgan fingerprint density at radius 1 is 1.13 bits per heavy atom. The summed E-state index contributed by atoms with van der Waals surface area (Å²) in [5, 5.41) is 2.80. The van der Waals surface area contributed by atoms with Crippen molar-refractivity contribution in [3.63, 3.8) is 0 Å². The van der Waals surface area contributed by atoms with E-state index in [9.17, 15) is 14.0 Å². The molecule has 0 radical (unpaired) electrons. The lowest BCUT2D eigenvalue weighted by molar-refractivity contribution is -0.136. The fraction of sp³-hybridized carbons (Fsp3) is 0.267. The summed E-state index contributed by atoms with van der Waals surface area (Å²) in [5.41, 5.74) is 3.95. The van der Waals surface area contributed by atoms with Crippen LogP contribution in [0, 0.1) is 11.7 Å². The van der Waals surface area contributed by atoms with Crippen molar-refractivity contribution in [2.24, 2.45) is 5.92 Å². The van der Waals surface area contributed by atoms with Gasteiger partial charge in [0.25, 0.3) is 5.91 Å². The van der Waals surface area contributed by atoms with Crippen molar-refractivity contribution in [3.05, 3.63) is 113 Å². The molecule has 200 valence electrons. The number of halogens is 1. The zero-order chi connectivity index (χ0) is 27.4. The third-order valence-electron chi connectivity index (χ3n) is 6.66. The number of nitrogens with one attached hydrogen (secondary N) is 1. The largest absolute Gasteiger partial charge is 0.484 e. The molecular formula is C30H29FN4O4. The number of oxazole rings is 1. The highest BCUT2D eigenvalue weighted by Crippen LogP contribution is 2.38. The molecular weight excluding hydrogens is 499 g/mol. The van der Waals surface area contributed by atoms with Gasteiger partial charge in [0.05, 0.1) is 6.04 Å². The number of amides is 2. The van der Waals surface area contributed by atoms with Crippen LogP contribution in [0.2, 0.25) is 0 Å². The van der Waals surface area contributed by atoms with Crippen LogP contribution in [0.25, 0.3) is 0 Å². The quantitative estimate of drug-likeness (QED) is 0.351. The average molecular weight is 529 g/mol. The molecule has 1 N–H and O–H groups in total. The van der Waals surface area contributed by atoms with E-state index < -0.39 is 0 Å². The van der Waals surface area contributed by atoms with Crippen LogP contribution in [0.3, 0.4) is 0 Å². The van der Waals surface area contributed by atoms with E-state index in [1.165, 1.54) is 18.4 Å². The molecule has 39 heavy (non-hydrogen) atoms. The molecule has 0 spiro atoms. The molecule has 3 heterocycles. The summed E-state index contributed by atoms with van der Waals surface area (Å²) in [5.74, 6) is 0.0126. The fourth-order valence-corrected chi connectivity index (χ4v) is 4.66. The van der Waals surface area contributed by atoms with Gasteiger partial charge in [0.1, 0.15) is 17.8 Å². The summed E-state index contributed by atoms with van der Waals surface area (Å²) < 4.78 is 25.1. The first-order chi connectivity index (χ1) is 18.9. The minimum atomic E-state index is -0.356. The summed E-state index contributed by atoms with van der Waals surface area (Å²) in [7, 11) is 0. The van der Waals surface area contributed by atoms with Crippen LogP contribution in [0.1, 0.15) is 58.5 Å². The molecule has 1 aliphatic rings. The molecule has 0 saturated heterocycles. The first-order valence-electron chi connectivity index (χ1n) is 12.8. The molecule has 2 aromatic carbocycles. The van der Waals surface area contributed by atoms with Gasteiger partial charge in [-0.1, -0.05) is 32.0 Å². The molecule has 0 bridgehead atoms. The van der Waals surface area contributed by atoms with Crippen LogP contribution in [-0.4, -0.2) is 33.2 Å². The van der Waals surface area contributed by atoms with Crippen molar-refractivity contribution in [1.29, 1.82) is 0 Å². The molecule has 1 aliphatic heterocycles. The predicted octanol–water partition coefficient (Wildman–Crippen LogP) is 4.85. The summed E-state index contributed by atoms with van der Waals surface area (Å²) >= 11 is 0. The van der Waals surface area contributed by atoms with Crippen molar-refractivity contribution in [1.82, 2.24) is 20.2 Å². The van der Waals surface area contributed by atoms with E-state index in [4.69, 9.17) is 9.15 Å². The van der Waals surface area contributed by atoms with Gasteiger partial charge in [0.15, 0.2) is 12.3 Å². The van der Waals surface area contributed by atoms with Gasteiger partial charge in [-0.15, -0.1) is 0 Å². The minimum Gasteiger partial charge on any atom is -0.484 e. The Morgan fingerprint density at radius 3 is 2.64 bits per heavy atom. The summed E-state index contributed by atoms with van der Waals surface area (Å²) in [4.78, 5) is 35.6. The number of fused-ring (bicyclic) bond motifs is 1. The van der Waals surface area contributed by atoms with E-state index in [2.05, 4.69) is 15.3 Å². The van der Waals surface area contributed by atoms with Crippen molar-refractivity contribution in [3.8, 4) is 5.75 Å². The lowest BCUT2D eigenvalue weighted by Gasteiger charge is -2.39. The predicted molar refractivity (Wildman–Crippen MR) is 141 cm³/mol. The standard InChI is InChI=1S/C30H29FN4O4/c1-19(2)30(37)35-14-11-21-5-8-24(15-25(21)28(35)22-3-6-23(31)7-4-22)38-18-27-34-26(17-39-27)29(36)33-16-20-9-12-32-13-10-20/h3-10,12-13,15,17,19,28H,11,14,16,18H2,1-2H3,(H,33,36). The maximum atomic E-state index is 13.7. The smallest absolute Gasteiger partial charge is 0.273 e. The molecule has 0 saturated carbocycles. The third-order valence-corrected chi connectivity index (χ3v) is 6.66. The van der Waals surface area contributed by atoms with Crippen LogP contribution in [-0.2, 0) is 24.4 Å². The van der Waals surface area contributed by atoms with E-state index in [-0.39, 0.29) is 47.8 Å². The van der Waals surface area contributed by atoms with Gasteiger partial charge in [-0.2, -0.15) is 0 Å². The number of ether oxygens (including phenoxy) is 1. The maximum absolute atomic E-state index is 13.7. The number of carbonyl (C=O) groups excluding carboxylic acids is 2. The van der Waals surface area contributed by atoms with E-state index in [1.54, 1.807) is 24.5 Å². The van der Waals surface area contributed by atoms with Gasteiger partial charge in [0.2, 0.25) is 11.8 Å². The monoisotopic (exact) mass is 528 g/mol. The Morgan fingerprint density at radius 2 is 1.90 bits per heavy atom. The molecule has 0 aliphatic carbocycles. The molecule has 9 heteroatoms. The van der Waals surface area contributed by atoms with E-state index in [0.717, 1.165) is 22.3 Å². The van der Waals surface area contributed by atoms with Gasteiger partial charge in [0, 0.05) is 31.4 Å². The van der Waals surface area contributed by atoms with Crippen molar-refractivity contribution in [2.75, 3.05) is 6.54 Å². The van der Waals surface area contributed by atoms with Crippen LogP contribution in [0.5, 0.6) is 5.75 Å². The van der Waals surface area contributed by atoms with Gasteiger partial charge in [-0.25, -0.2) is 9.37 Å². The first kappa shape index (κ1) is 26.1. The number of pyridine rings is 1. The molecule has 4 aromatic rings. The Bertz CT molecular complexity index is 1450. The molecule has 8 nitrogen and oxygen atoms in total. The average Bonchev–Trinajstić information content (AvgIpc) is 3.44. The van der Waals surface area contributed by atoms with Crippen LogP contribution in [0.4, 0.5) is 4.39 Å². The number of aromatic nitrogens is 2. The highest BCUT2D eigenvalue weighted by atomic mass is 19.1. The van der Waals surface area contributed by atoms with Crippen molar-refractivity contribution in [2.45, 2.75) is 39.5 Å². The fourth-order valence-electron chi connectivity index (χ4n) is 4.66. The number of hydrogen-bond donors (Lipinski definition) is 1. The molecule has 2 aromatic heterocycles. The maximum Gasteiger partial charge on any atom is 0.273 e. The number of benzene rings is 2. The van der Waals surface area contributed by atoms with E-state index in [1.807, 2.05) is 49.1 Å². The lowest BCUT2D eigenvalue weighted by Crippen LogP contribution is -2.42. The Hall–Kier alpha value is -4.53. The van der Waals surface area contributed by atoms with Crippen LogP contribution < -0.4 is 10.1 Å². The number of rotatable bonds is 8. The topological polar surface area (TPSA) is 97.6 Å². The second-order valence-electron chi connectivity index (χ2n) is 9.70. The van der Waals surface area contributed by atoms with E-state index >= 15 is 0 Å². The molecule has 0 fully saturated rings. The van der Waals surface area contributed by atoms with Gasteiger partial charge in [-0.05, 0) is 65.1 Å². The Kier molecular flexibility index (Phi) is 7.67. The molecule has 2 amide bonds. The SMILES string of the molecule is CC(C)C(=O)N1CCc2ccc(OCc3nc(C(=O)NCc4ccncc4)co3)cc2C1c1ccc(F)cc1. The first-order valence-corrected chi connectivity index (χ1v) is 12.8. The second-order valence-corrected chi connectivity index (χ2v) is 9.70. The zero-order valence-corrected chi connectivity index (χ0v) is 21.8. The normalized spacial score (nSPS) is 14.7. The van der Waals surface area contributed by atoms with Gasteiger partial charge in [-0.3, -0.25) is 14.6 Å². The second kappa shape index (κ2) is 11.5. The highest BCUT2D eigenvalue weighted by molar-refractivity contribution is 5.91. The number of nitrogens with zero attached hydrogens (tertiary/aromatic N) is 3. The van der Waals surface area contributed by atoms with Gasteiger partial charge >= 0.3 is 0 Å². The minimum absolute atomic E-state index is 0.0201. The summed E-state index contributed by atoms with van der Waals surface area (Å²) in [6.07, 6.45) is 5.33. The van der Waals surface area contributed by atoms with Crippen LogP contribution >= 0.6 is 0 Å². The summed E-state index contributed by atoms with van der Waals surface area (Å²) in [6, 6.07) is 15.3. The molecule has 1 atom stereocenters. The number of carbonyl (C=O) groups is 2. The van der Waals surface area contributed by atoms with Crippen LogP contribution in [0.15, 0.2) is 77.7 Å². The highest BCUT2D eigenvalue weighted by Gasteiger charge is 2.33. The molecule has 1 unspecified atom stereocenters. The number of hydrogen-bond acceptors (Lipinski definition) is 6.